The number of hydrogen-bond donors (Lipinski definition) is 0. The second-order valence-corrected chi connectivity index (χ2v) is 11.8. The quantitative estimate of drug-likeness (QED) is 0.234. The van der Waals surface area contributed by atoms with E-state index in [2.05, 4.69) is 65.3 Å². The molecule has 1 fully saturated rings. The van der Waals surface area contributed by atoms with Gasteiger partial charge in [-0.15, -0.1) is 11.3 Å². The van der Waals surface area contributed by atoms with E-state index >= 15 is 0 Å². The van der Waals surface area contributed by atoms with Crippen molar-refractivity contribution in [2.45, 2.75) is 19.4 Å². The lowest BCUT2D eigenvalue weighted by Gasteiger charge is -2.32. The molecule has 0 spiro atoms. The molecule has 188 valence electrons. The molecule has 1 atom stereocenters. The van der Waals surface area contributed by atoms with Crippen LogP contribution in [0.3, 0.4) is 0 Å². The normalized spacial score (nSPS) is 15.8. The maximum Gasteiger partial charge on any atom is 0.347 e. The average molecular weight is 675 g/mol. The molecule has 1 aromatic carbocycles. The summed E-state index contributed by atoms with van der Waals surface area (Å²) in [4.78, 5) is 27.1. The van der Waals surface area contributed by atoms with Crippen LogP contribution >= 0.6 is 49.9 Å². The Hall–Kier alpha value is -1.54. The maximum absolute atomic E-state index is 12.9. The van der Waals surface area contributed by atoms with Gasteiger partial charge in [0.2, 0.25) is 12.0 Å². The Morgan fingerprint density at radius 1 is 1.23 bits per heavy atom. The van der Waals surface area contributed by atoms with Gasteiger partial charge in [-0.1, -0.05) is 18.2 Å². The van der Waals surface area contributed by atoms with Crippen LogP contribution in [-0.2, 0) is 16.0 Å². The Morgan fingerprint density at radius 2 is 2.00 bits per heavy atom. The van der Waals surface area contributed by atoms with Crippen LogP contribution in [0.1, 0.15) is 12.5 Å². The van der Waals surface area contributed by atoms with Crippen LogP contribution in [0.2, 0.25) is 0 Å². The summed E-state index contributed by atoms with van der Waals surface area (Å²) in [6.07, 6.45) is 0.877. The van der Waals surface area contributed by atoms with Crippen molar-refractivity contribution in [2.24, 2.45) is 0 Å². The Labute approximate surface area is 231 Å². The van der Waals surface area contributed by atoms with Crippen LogP contribution in [0.5, 0.6) is 11.6 Å². The first kappa shape index (κ1) is 26.5. The summed E-state index contributed by atoms with van der Waals surface area (Å²) in [5.41, 5.74) is 0.883. The molecule has 4 rings (SSSR count). The van der Waals surface area contributed by atoms with Crippen molar-refractivity contribution in [2.75, 3.05) is 53.0 Å². The van der Waals surface area contributed by atoms with Gasteiger partial charge in [0.25, 0.3) is 0 Å². The SMILES string of the molecule is CCOC(=O)[C@@H](Cc1ccccc1OCCN1CCN(C)CC1)Oc1ncnc2sc(I)c(Br)c12. The van der Waals surface area contributed by atoms with Gasteiger partial charge in [0.1, 0.15) is 23.5 Å². The number of para-hydroxylation sites is 1. The second kappa shape index (κ2) is 12.6. The van der Waals surface area contributed by atoms with E-state index in [4.69, 9.17) is 14.2 Å². The van der Waals surface area contributed by atoms with Crippen LogP contribution in [0.4, 0.5) is 0 Å². The van der Waals surface area contributed by atoms with Crippen molar-refractivity contribution < 1.29 is 19.0 Å². The summed E-state index contributed by atoms with van der Waals surface area (Å²) in [7, 11) is 2.15. The Morgan fingerprint density at radius 3 is 2.77 bits per heavy atom. The van der Waals surface area contributed by atoms with E-state index in [0.717, 1.165) is 61.6 Å². The number of hydrogen-bond acceptors (Lipinski definition) is 9. The number of thiophene rings is 1. The number of nitrogens with zero attached hydrogens (tertiary/aromatic N) is 4. The number of likely N-dealkylation sites (N-methyl/N-ethyl adjacent to an activating group) is 1. The Kier molecular flexibility index (Phi) is 9.56. The molecule has 3 heterocycles. The average Bonchev–Trinajstić information content (AvgIpc) is 3.15. The topological polar surface area (TPSA) is 77.0 Å². The molecule has 1 saturated heterocycles. The van der Waals surface area contributed by atoms with Crippen LogP contribution < -0.4 is 9.47 Å². The molecule has 0 aliphatic carbocycles. The van der Waals surface area contributed by atoms with E-state index in [1.807, 2.05) is 24.3 Å². The van der Waals surface area contributed by atoms with E-state index in [1.54, 1.807) is 6.92 Å². The second-order valence-electron chi connectivity index (χ2n) is 8.21. The molecule has 35 heavy (non-hydrogen) atoms. The van der Waals surface area contributed by atoms with Crippen LogP contribution in [-0.4, -0.2) is 84.8 Å². The molecule has 8 nitrogen and oxygen atoms in total. The molecular formula is C24H28BrIN4O4S. The first-order valence-corrected chi connectivity index (χ1v) is 14.2. The molecular weight excluding hydrogens is 647 g/mol. The number of aromatic nitrogens is 2. The monoisotopic (exact) mass is 674 g/mol. The van der Waals surface area contributed by atoms with Gasteiger partial charge in [0.05, 0.1) is 19.3 Å². The fourth-order valence-corrected chi connectivity index (χ4v) is 6.23. The van der Waals surface area contributed by atoms with Crippen molar-refractivity contribution in [1.29, 1.82) is 0 Å². The molecule has 1 aliphatic heterocycles. The number of piperazine rings is 1. The minimum absolute atomic E-state index is 0.265. The van der Waals surface area contributed by atoms with Gasteiger partial charge in [-0.3, -0.25) is 4.90 Å². The van der Waals surface area contributed by atoms with Crippen LogP contribution in [0, 0.1) is 2.88 Å². The highest BCUT2D eigenvalue weighted by Crippen LogP contribution is 2.39. The van der Waals surface area contributed by atoms with Crippen LogP contribution in [0.15, 0.2) is 35.1 Å². The molecule has 2 aromatic heterocycles. The third kappa shape index (κ3) is 6.82. The van der Waals surface area contributed by atoms with Crippen molar-refractivity contribution in [3.05, 3.63) is 43.5 Å². The van der Waals surface area contributed by atoms with E-state index in [9.17, 15) is 4.79 Å². The fourth-order valence-electron chi connectivity index (χ4n) is 3.85. The lowest BCUT2D eigenvalue weighted by atomic mass is 10.1. The molecule has 11 heteroatoms. The molecule has 0 amide bonds. The minimum Gasteiger partial charge on any atom is -0.492 e. The molecule has 3 aromatic rings. The summed E-state index contributed by atoms with van der Waals surface area (Å²) in [6.45, 7) is 7.74. The molecule has 0 N–H and O–H groups in total. The van der Waals surface area contributed by atoms with Gasteiger partial charge in [-0.05, 0) is 64.1 Å². The lowest BCUT2D eigenvalue weighted by molar-refractivity contribution is -0.151. The van der Waals surface area contributed by atoms with E-state index in [1.165, 1.54) is 17.7 Å². The van der Waals surface area contributed by atoms with E-state index in [0.29, 0.717) is 18.9 Å². The number of halogens is 2. The summed E-state index contributed by atoms with van der Waals surface area (Å²) >= 11 is 7.38. The van der Waals surface area contributed by atoms with Crippen molar-refractivity contribution >= 4 is 66.0 Å². The highest BCUT2D eigenvalue weighted by molar-refractivity contribution is 14.1. The summed E-state index contributed by atoms with van der Waals surface area (Å²) in [5, 5.41) is 0.757. The van der Waals surface area contributed by atoms with Gasteiger partial charge < -0.3 is 19.1 Å². The van der Waals surface area contributed by atoms with Crippen molar-refractivity contribution in [1.82, 2.24) is 19.8 Å². The zero-order valence-electron chi connectivity index (χ0n) is 19.7. The standard InChI is InChI=1S/C24H28BrIN4O4S/c1-3-32-24(31)18(34-22-19-20(25)21(26)35-23(19)28-15-27-22)14-16-6-4-5-7-17(16)33-13-12-30-10-8-29(2)9-11-30/h4-7,15,18H,3,8-14H2,1-2H3/t18-/m1/s1. The Balaban J connectivity index is 1.49. The minimum atomic E-state index is -0.875. The molecule has 0 unspecified atom stereocenters. The number of carbonyl (C=O) groups excluding carboxylic acids is 1. The summed E-state index contributed by atoms with van der Waals surface area (Å²) < 4.78 is 19.6. The van der Waals surface area contributed by atoms with Gasteiger partial charge >= 0.3 is 5.97 Å². The number of benzene rings is 1. The third-order valence-electron chi connectivity index (χ3n) is 5.80. The highest BCUT2D eigenvalue weighted by atomic mass is 127. The molecule has 0 radical (unpaired) electrons. The molecule has 0 bridgehead atoms. The first-order valence-electron chi connectivity index (χ1n) is 11.5. The number of ether oxygens (including phenoxy) is 3. The maximum atomic E-state index is 12.9. The number of fused-ring (bicyclic) bond motifs is 1. The molecule has 1 aliphatic rings. The number of carbonyl (C=O) groups is 1. The van der Waals surface area contributed by atoms with Gasteiger partial charge in [-0.2, -0.15) is 0 Å². The van der Waals surface area contributed by atoms with Gasteiger partial charge in [-0.25, -0.2) is 14.8 Å². The number of rotatable bonds is 10. The zero-order chi connectivity index (χ0) is 24.8. The predicted molar refractivity (Wildman–Crippen MR) is 148 cm³/mol. The summed E-state index contributed by atoms with van der Waals surface area (Å²) in [5.74, 6) is 0.665. The van der Waals surface area contributed by atoms with Crippen molar-refractivity contribution in [3.63, 3.8) is 0 Å². The highest BCUT2D eigenvalue weighted by Gasteiger charge is 2.27. The summed E-state index contributed by atoms with van der Waals surface area (Å²) in [6, 6.07) is 7.76. The third-order valence-corrected chi connectivity index (χ3v) is 9.68. The fraction of sp³-hybridized carbons (Fsp3) is 0.458. The zero-order valence-corrected chi connectivity index (χ0v) is 24.3. The largest absolute Gasteiger partial charge is 0.492 e. The van der Waals surface area contributed by atoms with E-state index in [-0.39, 0.29) is 6.61 Å². The van der Waals surface area contributed by atoms with E-state index < -0.39 is 12.1 Å². The van der Waals surface area contributed by atoms with Gasteiger partial charge in [0, 0.05) is 39.1 Å². The van der Waals surface area contributed by atoms with Crippen LogP contribution in [0.25, 0.3) is 10.2 Å². The predicted octanol–water partition coefficient (Wildman–Crippen LogP) is 4.24. The smallest absolute Gasteiger partial charge is 0.347 e. The Bertz CT molecular complexity index is 1160. The first-order chi connectivity index (χ1) is 17.0. The molecule has 0 saturated carbocycles. The van der Waals surface area contributed by atoms with Gasteiger partial charge in [0.15, 0.2) is 0 Å². The number of esters is 1. The lowest BCUT2D eigenvalue weighted by Crippen LogP contribution is -2.45. The van der Waals surface area contributed by atoms with Crippen molar-refractivity contribution in [3.8, 4) is 11.6 Å².